The van der Waals surface area contributed by atoms with E-state index in [1.165, 1.54) is 19.3 Å². The molecule has 3 aliphatic carbocycles. The molecule has 3 aliphatic rings. The summed E-state index contributed by atoms with van der Waals surface area (Å²) in [6.45, 7) is 15.1. The number of carbonyl (C=O) groups is 1. The lowest BCUT2D eigenvalue weighted by molar-refractivity contribution is -0.168. The van der Waals surface area contributed by atoms with E-state index in [1.54, 1.807) is 12.5 Å². The monoisotopic (exact) mass is 330 g/mol. The molecular formula is C22H34O2. The highest BCUT2D eigenvalue weighted by Crippen LogP contribution is 2.64. The maximum atomic E-state index is 11.5. The molecule has 0 aromatic carbocycles. The molecular weight excluding hydrogens is 296 g/mol. The number of rotatable bonds is 2. The molecule has 0 radical (unpaired) electrons. The molecule has 0 saturated heterocycles. The Kier molecular flexibility index (Phi) is 4.25. The van der Waals surface area contributed by atoms with Crippen LogP contribution in [0.5, 0.6) is 0 Å². The normalized spacial score (nSPS) is 43.9. The van der Waals surface area contributed by atoms with E-state index in [0.717, 1.165) is 19.3 Å². The van der Waals surface area contributed by atoms with E-state index < -0.39 is 0 Å². The van der Waals surface area contributed by atoms with Crippen LogP contribution in [0.2, 0.25) is 0 Å². The van der Waals surface area contributed by atoms with Crippen molar-refractivity contribution in [3.63, 3.8) is 0 Å². The summed E-state index contributed by atoms with van der Waals surface area (Å²) in [6.07, 6.45) is 11.8. The van der Waals surface area contributed by atoms with Crippen LogP contribution >= 0.6 is 0 Å². The molecule has 2 saturated carbocycles. The van der Waals surface area contributed by atoms with Crippen molar-refractivity contribution in [1.82, 2.24) is 0 Å². The smallest absolute Gasteiger partial charge is 0.302 e. The molecule has 2 nitrogen and oxygen atoms in total. The number of carbonyl (C=O) groups excluding carboxylic acids is 1. The largest absolute Gasteiger partial charge is 0.462 e. The Morgan fingerprint density at radius 1 is 1.25 bits per heavy atom. The van der Waals surface area contributed by atoms with Crippen molar-refractivity contribution in [2.45, 2.75) is 79.2 Å². The predicted octanol–water partition coefficient (Wildman–Crippen LogP) is 5.68. The summed E-state index contributed by atoms with van der Waals surface area (Å²) in [4.78, 5) is 11.5. The Morgan fingerprint density at radius 3 is 2.58 bits per heavy atom. The molecule has 3 rings (SSSR count). The minimum Gasteiger partial charge on any atom is -0.462 e. The highest BCUT2D eigenvalue weighted by molar-refractivity contribution is 5.66. The van der Waals surface area contributed by atoms with Crippen LogP contribution in [0.4, 0.5) is 0 Å². The molecule has 0 heterocycles. The molecule has 24 heavy (non-hydrogen) atoms. The van der Waals surface area contributed by atoms with Crippen molar-refractivity contribution < 1.29 is 9.53 Å². The molecule has 0 amide bonds. The van der Waals surface area contributed by atoms with Gasteiger partial charge < -0.3 is 4.74 Å². The van der Waals surface area contributed by atoms with Crippen molar-refractivity contribution in [1.29, 1.82) is 0 Å². The molecule has 134 valence electrons. The fourth-order valence-corrected chi connectivity index (χ4v) is 6.23. The van der Waals surface area contributed by atoms with E-state index in [0.29, 0.717) is 11.8 Å². The maximum absolute atomic E-state index is 11.5. The van der Waals surface area contributed by atoms with Gasteiger partial charge in [-0.25, -0.2) is 0 Å². The van der Waals surface area contributed by atoms with E-state index >= 15 is 0 Å². The minimum absolute atomic E-state index is 0.0453. The van der Waals surface area contributed by atoms with Gasteiger partial charge in [0.05, 0.1) is 0 Å². The summed E-state index contributed by atoms with van der Waals surface area (Å²) in [6, 6.07) is 0. The van der Waals surface area contributed by atoms with Crippen LogP contribution in [0.1, 0.15) is 73.1 Å². The standard InChI is InChI=1S/C22H34O2/c1-7-21(5)12-10-17-16(14-21)8-9-18-20(3,4)19(24-15(2)23)11-13-22(17,18)6/h7,10,16,18-19H,1,8-9,11-14H2,2-6H3/t16-,18+,19+,21-,22-/m0/s1. The number of fused-ring (bicyclic) bond motifs is 3. The van der Waals surface area contributed by atoms with Crippen molar-refractivity contribution in [3.8, 4) is 0 Å². The maximum Gasteiger partial charge on any atom is 0.302 e. The van der Waals surface area contributed by atoms with Gasteiger partial charge in [0.25, 0.3) is 0 Å². The van der Waals surface area contributed by atoms with Gasteiger partial charge in [-0.05, 0) is 61.2 Å². The van der Waals surface area contributed by atoms with E-state index in [2.05, 4.69) is 46.4 Å². The van der Waals surface area contributed by atoms with Gasteiger partial charge in [0.2, 0.25) is 0 Å². The molecule has 0 aliphatic heterocycles. The fourth-order valence-electron chi connectivity index (χ4n) is 6.23. The third kappa shape index (κ3) is 2.66. The Hall–Kier alpha value is -1.05. The average Bonchev–Trinajstić information content (AvgIpc) is 2.49. The highest BCUT2D eigenvalue weighted by Gasteiger charge is 2.57. The zero-order chi connectivity index (χ0) is 17.8. The van der Waals surface area contributed by atoms with Crippen LogP contribution < -0.4 is 0 Å². The molecule has 2 heteroatoms. The summed E-state index contributed by atoms with van der Waals surface area (Å²) in [7, 11) is 0. The van der Waals surface area contributed by atoms with Crippen LogP contribution in [-0.2, 0) is 9.53 Å². The summed E-state index contributed by atoms with van der Waals surface area (Å²) < 4.78 is 5.72. The molecule has 0 aromatic rings. The van der Waals surface area contributed by atoms with Gasteiger partial charge in [-0.15, -0.1) is 6.58 Å². The number of hydrogen-bond donors (Lipinski definition) is 0. The molecule has 0 N–H and O–H groups in total. The Labute approximate surface area is 147 Å². The average molecular weight is 331 g/mol. The topological polar surface area (TPSA) is 26.3 Å². The highest BCUT2D eigenvalue weighted by atomic mass is 16.5. The molecule has 0 unspecified atom stereocenters. The number of esters is 1. The first-order valence-corrected chi connectivity index (χ1v) is 9.64. The van der Waals surface area contributed by atoms with Crippen LogP contribution in [0.3, 0.4) is 0 Å². The van der Waals surface area contributed by atoms with Gasteiger partial charge in [-0.1, -0.05) is 45.4 Å². The zero-order valence-electron chi connectivity index (χ0n) is 16.2. The Balaban J connectivity index is 1.92. The second-order valence-electron chi connectivity index (χ2n) is 9.63. The molecule has 0 bridgehead atoms. The van der Waals surface area contributed by atoms with Gasteiger partial charge in [-0.2, -0.15) is 0 Å². The zero-order valence-corrected chi connectivity index (χ0v) is 16.2. The van der Waals surface area contributed by atoms with Crippen LogP contribution in [0, 0.1) is 28.1 Å². The lowest BCUT2D eigenvalue weighted by Crippen LogP contribution is -2.55. The van der Waals surface area contributed by atoms with Gasteiger partial charge in [0.1, 0.15) is 6.10 Å². The molecule has 5 atom stereocenters. The van der Waals surface area contributed by atoms with Gasteiger partial charge in [-0.3, -0.25) is 4.79 Å². The van der Waals surface area contributed by atoms with Crippen molar-refractivity contribution in [3.05, 3.63) is 24.3 Å². The number of hydrogen-bond acceptors (Lipinski definition) is 2. The molecule has 0 spiro atoms. The van der Waals surface area contributed by atoms with E-state index in [1.807, 2.05) is 0 Å². The van der Waals surface area contributed by atoms with Gasteiger partial charge in [0.15, 0.2) is 0 Å². The third-order valence-corrected chi connectivity index (χ3v) is 7.63. The van der Waals surface area contributed by atoms with Crippen molar-refractivity contribution in [2.75, 3.05) is 0 Å². The molecule has 2 fully saturated rings. The van der Waals surface area contributed by atoms with E-state index in [9.17, 15) is 4.79 Å². The van der Waals surface area contributed by atoms with E-state index in [-0.39, 0.29) is 28.3 Å². The summed E-state index contributed by atoms with van der Waals surface area (Å²) in [5, 5.41) is 0. The van der Waals surface area contributed by atoms with Gasteiger partial charge >= 0.3 is 5.97 Å². The summed E-state index contributed by atoms with van der Waals surface area (Å²) in [5.74, 6) is 1.17. The first-order valence-electron chi connectivity index (χ1n) is 9.64. The predicted molar refractivity (Wildman–Crippen MR) is 98.5 cm³/mol. The third-order valence-electron chi connectivity index (χ3n) is 7.63. The van der Waals surface area contributed by atoms with Gasteiger partial charge in [0, 0.05) is 12.3 Å². The summed E-state index contributed by atoms with van der Waals surface area (Å²) in [5.41, 5.74) is 2.28. The minimum atomic E-state index is -0.135. The first kappa shape index (κ1) is 17.8. The van der Waals surface area contributed by atoms with Crippen molar-refractivity contribution >= 4 is 5.97 Å². The van der Waals surface area contributed by atoms with Crippen LogP contribution in [0.15, 0.2) is 24.3 Å². The van der Waals surface area contributed by atoms with Crippen LogP contribution in [0.25, 0.3) is 0 Å². The molecule has 0 aromatic heterocycles. The van der Waals surface area contributed by atoms with Crippen molar-refractivity contribution in [2.24, 2.45) is 28.1 Å². The second-order valence-corrected chi connectivity index (χ2v) is 9.63. The van der Waals surface area contributed by atoms with E-state index in [4.69, 9.17) is 4.74 Å². The summed E-state index contributed by atoms with van der Waals surface area (Å²) >= 11 is 0. The quantitative estimate of drug-likeness (QED) is 0.481. The Morgan fingerprint density at radius 2 is 1.96 bits per heavy atom. The Bertz CT molecular complexity index is 573. The first-order chi connectivity index (χ1) is 11.1. The number of allylic oxidation sites excluding steroid dienone is 3. The van der Waals surface area contributed by atoms with Crippen LogP contribution in [-0.4, -0.2) is 12.1 Å². The lowest BCUT2D eigenvalue weighted by atomic mass is 9.46. The lowest BCUT2D eigenvalue weighted by Gasteiger charge is -2.60. The fraction of sp³-hybridized carbons (Fsp3) is 0.773. The second kappa shape index (κ2) is 5.75. The SMILES string of the molecule is C=C[C@@]1(C)CC=C2[C@@H](CC[C@@H]3C(C)(C)[C@H](OC(C)=O)CC[C@@]23C)C1. The number of ether oxygens (including phenoxy) is 1.